The summed E-state index contributed by atoms with van der Waals surface area (Å²) in [6.45, 7) is 6.13. The number of ether oxygens (including phenoxy) is 2. The van der Waals surface area contributed by atoms with E-state index in [4.69, 9.17) is 9.47 Å². The quantitative estimate of drug-likeness (QED) is 0.0599. The lowest BCUT2D eigenvalue weighted by molar-refractivity contribution is -0.143. The van der Waals surface area contributed by atoms with Crippen molar-refractivity contribution in [3.05, 3.63) is 0 Å². The summed E-state index contributed by atoms with van der Waals surface area (Å²) in [5.41, 5.74) is 0. The van der Waals surface area contributed by atoms with Crippen LogP contribution >= 0.6 is 0 Å². The van der Waals surface area contributed by atoms with Gasteiger partial charge >= 0.3 is 11.9 Å². The molecule has 0 aliphatic carbocycles. The molecule has 0 fully saturated rings. The third-order valence-corrected chi connectivity index (χ3v) is 7.74. The molecule has 46 heavy (non-hydrogen) atoms. The van der Waals surface area contributed by atoms with E-state index in [0.717, 1.165) is 19.3 Å². The molecule has 5 N–H and O–H groups in total. The lowest BCUT2D eigenvalue weighted by atomic mass is 10.0. The highest BCUT2D eigenvalue weighted by atomic mass is 16.5. The van der Waals surface area contributed by atoms with Gasteiger partial charge in [0, 0.05) is 32.4 Å². The van der Waals surface area contributed by atoms with E-state index in [1.54, 1.807) is 0 Å². The molecule has 0 aliphatic rings. The Labute approximate surface area is 276 Å². The maximum absolute atomic E-state index is 12.4. The molecule has 0 aromatic carbocycles. The monoisotopic (exact) mass is 657 g/mol. The van der Waals surface area contributed by atoms with Crippen LogP contribution in [0.5, 0.6) is 0 Å². The third-order valence-electron chi connectivity index (χ3n) is 7.74. The summed E-state index contributed by atoms with van der Waals surface area (Å²) in [6.07, 6.45) is 17.7. The molecule has 0 bridgehead atoms. The lowest BCUT2D eigenvalue weighted by Crippen LogP contribution is -2.44. The Hall–Kier alpha value is -2.73. The number of carbonyl (C=O) groups is 5. The molecule has 0 heterocycles. The first-order chi connectivity index (χ1) is 22.2. The van der Waals surface area contributed by atoms with Gasteiger partial charge in [-0.2, -0.15) is 0 Å². The van der Waals surface area contributed by atoms with Crippen molar-refractivity contribution in [2.24, 2.45) is 0 Å². The minimum absolute atomic E-state index is 0.122. The average molecular weight is 658 g/mol. The van der Waals surface area contributed by atoms with Gasteiger partial charge in [-0.3, -0.25) is 14.4 Å². The van der Waals surface area contributed by atoms with Crippen LogP contribution in [-0.2, 0) is 33.4 Å². The van der Waals surface area contributed by atoms with Crippen molar-refractivity contribution < 1.29 is 43.7 Å². The summed E-state index contributed by atoms with van der Waals surface area (Å²) in [4.78, 5) is 59.9. The number of carboxylic acid groups (broad SMARTS) is 2. The van der Waals surface area contributed by atoms with E-state index in [1.807, 2.05) is 6.92 Å². The summed E-state index contributed by atoms with van der Waals surface area (Å²) in [5.74, 6) is -3.98. The van der Waals surface area contributed by atoms with Crippen LogP contribution in [0.4, 0.5) is 0 Å². The van der Waals surface area contributed by atoms with Gasteiger partial charge in [0.15, 0.2) is 0 Å². The first-order valence-electron chi connectivity index (χ1n) is 17.7. The molecular formula is C34H63N3O9. The van der Waals surface area contributed by atoms with Crippen molar-refractivity contribution in [2.75, 3.05) is 33.0 Å². The van der Waals surface area contributed by atoms with Gasteiger partial charge in [-0.05, 0) is 26.2 Å². The Kier molecular flexibility index (Phi) is 29.1. The molecule has 268 valence electrons. The summed E-state index contributed by atoms with van der Waals surface area (Å²) in [7, 11) is 0. The van der Waals surface area contributed by atoms with Crippen LogP contribution in [0, 0.1) is 0 Å². The normalized spacial score (nSPS) is 12.3. The highest BCUT2D eigenvalue weighted by molar-refractivity contribution is 5.86. The Balaban J connectivity index is 4.07. The molecular weight excluding hydrogens is 594 g/mol. The van der Waals surface area contributed by atoms with Crippen LogP contribution in [0.25, 0.3) is 0 Å². The van der Waals surface area contributed by atoms with Crippen LogP contribution in [0.2, 0.25) is 0 Å². The molecule has 0 aromatic heterocycles. The predicted molar refractivity (Wildman–Crippen MR) is 177 cm³/mol. The second-order valence-electron chi connectivity index (χ2n) is 11.9. The van der Waals surface area contributed by atoms with Crippen LogP contribution in [0.15, 0.2) is 0 Å². The number of carbonyl (C=O) groups excluding carboxylic acids is 3. The van der Waals surface area contributed by atoms with E-state index >= 15 is 0 Å². The lowest BCUT2D eigenvalue weighted by Gasteiger charge is -2.17. The zero-order chi connectivity index (χ0) is 34.3. The number of amides is 3. The Morgan fingerprint density at radius 2 is 0.935 bits per heavy atom. The van der Waals surface area contributed by atoms with E-state index < -0.39 is 29.9 Å². The molecule has 0 radical (unpaired) electrons. The molecule has 0 rings (SSSR count). The molecule has 0 aliphatic heterocycles. The third kappa shape index (κ3) is 27.6. The maximum Gasteiger partial charge on any atom is 0.326 e. The van der Waals surface area contributed by atoms with E-state index in [2.05, 4.69) is 22.9 Å². The number of unbranched alkanes of at least 4 members (excludes halogenated alkanes) is 14. The summed E-state index contributed by atoms with van der Waals surface area (Å²) in [5, 5.41) is 26.4. The molecule has 3 amide bonds. The van der Waals surface area contributed by atoms with Gasteiger partial charge in [0.1, 0.15) is 12.1 Å². The topological polar surface area (TPSA) is 180 Å². The number of rotatable bonds is 33. The van der Waals surface area contributed by atoms with Gasteiger partial charge < -0.3 is 35.6 Å². The zero-order valence-electron chi connectivity index (χ0n) is 28.6. The van der Waals surface area contributed by atoms with Gasteiger partial charge in [0.05, 0.1) is 19.8 Å². The van der Waals surface area contributed by atoms with Crippen molar-refractivity contribution in [2.45, 2.75) is 154 Å². The zero-order valence-corrected chi connectivity index (χ0v) is 28.6. The average Bonchev–Trinajstić information content (AvgIpc) is 3.02. The van der Waals surface area contributed by atoms with E-state index in [1.165, 1.54) is 70.6 Å². The minimum atomic E-state index is -1.30. The van der Waals surface area contributed by atoms with E-state index in [-0.39, 0.29) is 50.5 Å². The second kappa shape index (κ2) is 30.9. The number of hydrogen-bond acceptors (Lipinski definition) is 7. The predicted octanol–water partition coefficient (Wildman–Crippen LogP) is 5.12. The molecule has 2 atom stereocenters. The molecule has 0 saturated heterocycles. The smallest absolute Gasteiger partial charge is 0.326 e. The molecule has 12 nitrogen and oxygen atoms in total. The Morgan fingerprint density at radius 3 is 1.39 bits per heavy atom. The fourth-order valence-corrected chi connectivity index (χ4v) is 4.97. The van der Waals surface area contributed by atoms with Gasteiger partial charge in [0.25, 0.3) is 0 Å². The second-order valence-corrected chi connectivity index (χ2v) is 11.9. The van der Waals surface area contributed by atoms with Crippen molar-refractivity contribution >= 4 is 29.7 Å². The Bertz CT molecular complexity index is 826. The van der Waals surface area contributed by atoms with Crippen molar-refractivity contribution in [1.29, 1.82) is 0 Å². The number of carboxylic acids is 2. The van der Waals surface area contributed by atoms with Crippen molar-refractivity contribution in [3.63, 3.8) is 0 Å². The summed E-state index contributed by atoms with van der Waals surface area (Å²) >= 11 is 0. The van der Waals surface area contributed by atoms with Gasteiger partial charge in [-0.25, -0.2) is 9.59 Å². The van der Waals surface area contributed by atoms with Crippen LogP contribution < -0.4 is 16.0 Å². The number of hydrogen-bond donors (Lipinski definition) is 5. The summed E-state index contributed by atoms with van der Waals surface area (Å²) < 4.78 is 10.4. The first-order valence-corrected chi connectivity index (χ1v) is 17.7. The first kappa shape index (κ1) is 43.3. The van der Waals surface area contributed by atoms with E-state index in [0.29, 0.717) is 32.8 Å². The number of nitrogens with one attached hydrogen (secondary N) is 3. The van der Waals surface area contributed by atoms with Crippen LogP contribution in [-0.4, -0.2) is 84.9 Å². The molecule has 0 aromatic rings. The number of aliphatic carboxylic acids is 2. The summed E-state index contributed by atoms with van der Waals surface area (Å²) in [6, 6.07) is -2.55. The molecule has 0 saturated carbocycles. The fraction of sp³-hybridized carbons (Fsp3) is 0.853. The SMILES string of the molecule is CCCCCCCCCCCCCCCCCC(=O)N[C@@H](CCC(=O)NC(CCC(=O)NCCOCCOCC)C(=O)O)C(=O)O. The largest absolute Gasteiger partial charge is 0.480 e. The highest BCUT2D eigenvalue weighted by Gasteiger charge is 2.24. The van der Waals surface area contributed by atoms with Gasteiger partial charge in [-0.15, -0.1) is 0 Å². The highest BCUT2D eigenvalue weighted by Crippen LogP contribution is 2.14. The molecule has 12 heteroatoms. The van der Waals surface area contributed by atoms with Crippen LogP contribution in [0.3, 0.4) is 0 Å². The molecule has 0 spiro atoms. The Morgan fingerprint density at radius 1 is 0.522 bits per heavy atom. The van der Waals surface area contributed by atoms with E-state index in [9.17, 15) is 34.2 Å². The van der Waals surface area contributed by atoms with Gasteiger partial charge in [0.2, 0.25) is 17.7 Å². The van der Waals surface area contributed by atoms with Crippen molar-refractivity contribution in [1.82, 2.24) is 16.0 Å². The maximum atomic E-state index is 12.4. The van der Waals surface area contributed by atoms with Gasteiger partial charge in [-0.1, -0.05) is 96.8 Å². The van der Waals surface area contributed by atoms with Crippen molar-refractivity contribution in [3.8, 4) is 0 Å². The molecule has 1 unspecified atom stereocenters. The van der Waals surface area contributed by atoms with Crippen LogP contribution in [0.1, 0.15) is 142 Å². The fourth-order valence-electron chi connectivity index (χ4n) is 4.97. The standard InChI is InChI=1S/C34H63N3O9/c1-3-5-6-7-8-9-10-11-12-13-14-15-16-17-18-19-31(39)36-29(34(43)44)21-23-32(40)37-28(33(41)42)20-22-30(38)35-24-25-46-27-26-45-4-2/h28-29H,3-27H2,1-2H3,(H,35,38)(H,36,39)(H,37,40)(H,41,42)(H,43,44)/t28?,29-/m0/s1. The minimum Gasteiger partial charge on any atom is -0.480 e.